The standard InChI is InChI=1S/C35H37Cl2FN4O4S/c1-5-6-15-41-33-31(34(43)42(35(41)44)20-26-9-7-8-10-29(26)38)39-30(40-33)18-25-13-11-24(12-14-25)16-21(2)23(4)47(45,46)32-22(3)17-27(36)19-28(32)37/h7-14,17,19,21,23H,5-6,15-16,18,20H2,1-4H3,(H,39,40). The summed E-state index contributed by atoms with van der Waals surface area (Å²) in [5.74, 6) is -0.181. The number of imidazole rings is 1. The van der Waals surface area contributed by atoms with Gasteiger partial charge in [0.25, 0.3) is 5.56 Å². The molecule has 0 saturated heterocycles. The number of benzene rings is 3. The third-order valence-electron chi connectivity index (χ3n) is 8.65. The fourth-order valence-electron chi connectivity index (χ4n) is 5.82. The van der Waals surface area contributed by atoms with E-state index in [1.54, 1.807) is 38.1 Å². The van der Waals surface area contributed by atoms with Crippen molar-refractivity contribution in [3.05, 3.63) is 125 Å². The van der Waals surface area contributed by atoms with Crippen LogP contribution in [0.1, 0.15) is 61.7 Å². The van der Waals surface area contributed by atoms with E-state index in [0.717, 1.165) is 22.1 Å². The molecule has 0 aliphatic rings. The van der Waals surface area contributed by atoms with Crippen molar-refractivity contribution < 1.29 is 12.8 Å². The number of aromatic nitrogens is 4. The first kappa shape index (κ1) is 34.6. The van der Waals surface area contributed by atoms with Gasteiger partial charge in [-0.05, 0) is 67.5 Å². The second kappa shape index (κ2) is 14.2. The summed E-state index contributed by atoms with van der Waals surface area (Å²) in [7, 11) is -3.71. The normalized spacial score (nSPS) is 13.3. The molecule has 5 aromatic rings. The predicted octanol–water partition coefficient (Wildman–Crippen LogP) is 7.12. The number of halogens is 3. The van der Waals surface area contributed by atoms with E-state index in [1.807, 2.05) is 38.1 Å². The summed E-state index contributed by atoms with van der Waals surface area (Å²) < 4.78 is 44.0. The van der Waals surface area contributed by atoms with Crippen LogP contribution in [0.2, 0.25) is 10.0 Å². The maximum Gasteiger partial charge on any atom is 0.333 e. The van der Waals surface area contributed by atoms with Gasteiger partial charge in [-0.25, -0.2) is 22.6 Å². The summed E-state index contributed by atoms with van der Waals surface area (Å²) in [6.07, 6.45) is 2.45. The van der Waals surface area contributed by atoms with E-state index >= 15 is 0 Å². The lowest BCUT2D eigenvalue weighted by molar-refractivity contribution is 0.518. The molecule has 8 nitrogen and oxygen atoms in total. The van der Waals surface area contributed by atoms with Crippen molar-refractivity contribution in [1.82, 2.24) is 19.1 Å². The highest BCUT2D eigenvalue weighted by Crippen LogP contribution is 2.34. The summed E-state index contributed by atoms with van der Waals surface area (Å²) in [5, 5.41) is -0.184. The van der Waals surface area contributed by atoms with E-state index in [-0.39, 0.29) is 39.1 Å². The van der Waals surface area contributed by atoms with Gasteiger partial charge in [0.1, 0.15) is 17.2 Å². The van der Waals surface area contributed by atoms with Crippen molar-refractivity contribution in [2.24, 2.45) is 5.92 Å². The number of sulfone groups is 1. The van der Waals surface area contributed by atoms with Gasteiger partial charge >= 0.3 is 5.69 Å². The third kappa shape index (κ3) is 7.24. The van der Waals surface area contributed by atoms with E-state index in [9.17, 15) is 22.4 Å². The zero-order valence-corrected chi connectivity index (χ0v) is 29.0. The highest BCUT2D eigenvalue weighted by molar-refractivity contribution is 7.92. The number of nitrogens with zero attached hydrogens (tertiary/aromatic N) is 3. The smallest absolute Gasteiger partial charge is 0.333 e. The Morgan fingerprint density at radius 2 is 1.66 bits per heavy atom. The lowest BCUT2D eigenvalue weighted by Gasteiger charge is -2.22. The number of unbranched alkanes of at least 4 members (excludes halogenated alkanes) is 1. The number of hydrogen-bond acceptors (Lipinski definition) is 5. The van der Waals surface area contributed by atoms with Gasteiger partial charge in [0.15, 0.2) is 15.5 Å². The Hall–Kier alpha value is -3.73. The van der Waals surface area contributed by atoms with E-state index in [4.69, 9.17) is 23.2 Å². The molecule has 0 aliphatic heterocycles. The lowest BCUT2D eigenvalue weighted by atomic mass is 9.97. The number of nitrogens with one attached hydrogen (secondary N) is 1. The maximum atomic E-state index is 14.4. The fraction of sp³-hybridized carbons (Fsp3) is 0.343. The molecule has 248 valence electrons. The molecular formula is C35H37Cl2FN4O4S. The van der Waals surface area contributed by atoms with E-state index in [2.05, 4.69) is 9.97 Å². The van der Waals surface area contributed by atoms with Crippen LogP contribution in [0.5, 0.6) is 0 Å². The lowest BCUT2D eigenvalue weighted by Crippen LogP contribution is -2.40. The Bertz CT molecular complexity index is 2130. The second-order valence-corrected chi connectivity index (χ2v) is 15.2. The molecule has 0 saturated carbocycles. The summed E-state index contributed by atoms with van der Waals surface area (Å²) in [5.41, 5.74) is 2.05. The zero-order valence-electron chi connectivity index (χ0n) is 26.7. The number of hydrogen-bond donors (Lipinski definition) is 1. The molecule has 0 bridgehead atoms. The van der Waals surface area contributed by atoms with Crippen LogP contribution in [0.3, 0.4) is 0 Å². The molecule has 0 spiro atoms. The minimum absolute atomic E-state index is 0.114. The van der Waals surface area contributed by atoms with Crippen molar-refractivity contribution in [3.8, 4) is 0 Å². The summed E-state index contributed by atoms with van der Waals surface area (Å²) in [6.45, 7) is 7.49. The minimum atomic E-state index is -3.71. The summed E-state index contributed by atoms with van der Waals surface area (Å²) >= 11 is 12.4. The minimum Gasteiger partial charge on any atom is -0.336 e. The average molecular weight is 700 g/mol. The number of H-pyrrole nitrogens is 1. The van der Waals surface area contributed by atoms with Gasteiger partial charge in [-0.15, -0.1) is 0 Å². The van der Waals surface area contributed by atoms with Gasteiger partial charge in [-0.1, -0.05) is 85.9 Å². The van der Waals surface area contributed by atoms with Crippen LogP contribution in [0.25, 0.3) is 11.2 Å². The Morgan fingerprint density at radius 3 is 2.32 bits per heavy atom. The first-order valence-corrected chi connectivity index (χ1v) is 17.8. The molecule has 47 heavy (non-hydrogen) atoms. The van der Waals surface area contributed by atoms with Crippen molar-refractivity contribution in [2.45, 2.75) is 76.6 Å². The van der Waals surface area contributed by atoms with Gasteiger partial charge < -0.3 is 4.98 Å². The second-order valence-electron chi connectivity index (χ2n) is 12.1. The average Bonchev–Trinajstić information content (AvgIpc) is 3.43. The molecule has 0 aliphatic carbocycles. The number of rotatable bonds is 12. The molecule has 3 aromatic carbocycles. The third-order valence-corrected chi connectivity index (χ3v) is 11.8. The van der Waals surface area contributed by atoms with Crippen LogP contribution in [0.15, 0.2) is 75.1 Å². The van der Waals surface area contributed by atoms with Crippen LogP contribution in [-0.4, -0.2) is 32.8 Å². The van der Waals surface area contributed by atoms with Crippen molar-refractivity contribution in [3.63, 3.8) is 0 Å². The molecular weight excluding hydrogens is 662 g/mol. The Morgan fingerprint density at radius 1 is 0.979 bits per heavy atom. The summed E-state index contributed by atoms with van der Waals surface area (Å²) in [4.78, 5) is 34.8. The van der Waals surface area contributed by atoms with E-state index < -0.39 is 32.2 Å². The van der Waals surface area contributed by atoms with Gasteiger partial charge in [-0.3, -0.25) is 13.9 Å². The van der Waals surface area contributed by atoms with E-state index in [1.165, 1.54) is 16.7 Å². The summed E-state index contributed by atoms with van der Waals surface area (Å²) in [6, 6.07) is 16.9. The first-order valence-electron chi connectivity index (χ1n) is 15.5. The Labute approximate surface area is 283 Å². The van der Waals surface area contributed by atoms with Crippen molar-refractivity contribution in [1.29, 1.82) is 0 Å². The zero-order chi connectivity index (χ0) is 34.0. The molecule has 2 heterocycles. The van der Waals surface area contributed by atoms with E-state index in [0.29, 0.717) is 42.2 Å². The number of fused-ring (bicyclic) bond motifs is 1. The Kier molecular flexibility index (Phi) is 10.4. The van der Waals surface area contributed by atoms with Crippen LogP contribution in [-0.2, 0) is 35.8 Å². The van der Waals surface area contributed by atoms with Crippen molar-refractivity contribution >= 4 is 44.2 Å². The van der Waals surface area contributed by atoms with Crippen LogP contribution < -0.4 is 11.2 Å². The molecule has 5 rings (SSSR count). The molecule has 12 heteroatoms. The molecule has 2 unspecified atom stereocenters. The van der Waals surface area contributed by atoms with Crippen molar-refractivity contribution in [2.75, 3.05) is 0 Å². The molecule has 0 fully saturated rings. The monoisotopic (exact) mass is 698 g/mol. The first-order chi connectivity index (χ1) is 22.3. The molecule has 2 atom stereocenters. The largest absolute Gasteiger partial charge is 0.336 e. The Balaban J connectivity index is 1.37. The van der Waals surface area contributed by atoms with Gasteiger partial charge in [0.05, 0.1) is 21.7 Å². The van der Waals surface area contributed by atoms with Crippen LogP contribution in [0, 0.1) is 18.7 Å². The molecule has 1 N–H and O–H groups in total. The highest BCUT2D eigenvalue weighted by atomic mass is 35.5. The number of aryl methyl sites for hydroxylation is 2. The maximum absolute atomic E-state index is 14.4. The van der Waals surface area contributed by atoms with Gasteiger partial charge in [-0.2, -0.15) is 0 Å². The van der Waals surface area contributed by atoms with Gasteiger partial charge in [0.2, 0.25) is 0 Å². The van der Waals surface area contributed by atoms with Crippen LogP contribution >= 0.6 is 23.2 Å². The van der Waals surface area contributed by atoms with Gasteiger partial charge in [0, 0.05) is 23.6 Å². The highest BCUT2D eigenvalue weighted by Gasteiger charge is 2.32. The quantitative estimate of drug-likeness (QED) is 0.149. The molecule has 0 amide bonds. The predicted molar refractivity (Wildman–Crippen MR) is 185 cm³/mol. The number of aromatic amines is 1. The fourth-order valence-corrected chi connectivity index (χ4v) is 8.65. The SMILES string of the molecule is CCCCn1c(=O)n(Cc2ccccc2F)c(=O)c2[nH]c(Cc3ccc(CC(C)C(C)S(=O)(=O)c4c(C)cc(Cl)cc4Cl)cc3)nc21. The molecule has 2 aromatic heterocycles. The topological polar surface area (TPSA) is 107 Å². The molecule has 0 radical (unpaired) electrons. The van der Waals surface area contributed by atoms with Crippen LogP contribution in [0.4, 0.5) is 4.39 Å².